The first kappa shape index (κ1) is 12.3. The Morgan fingerprint density at radius 1 is 1.29 bits per heavy atom. The van der Waals surface area contributed by atoms with Gasteiger partial charge in [0.1, 0.15) is 0 Å². The molecular weight excluding hydrogens is 222 g/mol. The molecule has 2 heterocycles. The van der Waals surface area contributed by atoms with Crippen molar-refractivity contribution in [1.29, 1.82) is 0 Å². The molecule has 0 aromatic rings. The van der Waals surface area contributed by atoms with E-state index in [-0.39, 0.29) is 18.5 Å². The molecule has 2 N–H and O–H groups in total. The lowest BCUT2D eigenvalue weighted by molar-refractivity contribution is -0.125. The summed E-state index contributed by atoms with van der Waals surface area (Å²) in [6, 6.07) is -0.281. The number of urea groups is 1. The van der Waals surface area contributed by atoms with Crippen LogP contribution in [0.15, 0.2) is 0 Å². The van der Waals surface area contributed by atoms with Gasteiger partial charge in [-0.1, -0.05) is 0 Å². The fourth-order valence-corrected chi connectivity index (χ4v) is 2.12. The number of rotatable bonds is 5. The molecule has 17 heavy (non-hydrogen) atoms. The maximum absolute atomic E-state index is 11.3. The predicted molar refractivity (Wildman–Crippen MR) is 61.6 cm³/mol. The summed E-state index contributed by atoms with van der Waals surface area (Å²) in [6.07, 6.45) is 3.13. The van der Waals surface area contributed by atoms with Crippen LogP contribution in [0, 0.1) is 0 Å². The quantitative estimate of drug-likeness (QED) is 0.512. The second-order valence-corrected chi connectivity index (χ2v) is 4.38. The van der Waals surface area contributed by atoms with Gasteiger partial charge < -0.3 is 15.4 Å². The zero-order chi connectivity index (χ0) is 12.1. The zero-order valence-corrected chi connectivity index (χ0v) is 9.91. The minimum Gasteiger partial charge on any atom is -0.378 e. The van der Waals surface area contributed by atoms with E-state index in [2.05, 4.69) is 10.6 Å². The van der Waals surface area contributed by atoms with Gasteiger partial charge in [0.05, 0.1) is 12.6 Å². The summed E-state index contributed by atoms with van der Waals surface area (Å²) in [5, 5.41) is 5.77. The molecule has 2 aliphatic rings. The van der Waals surface area contributed by atoms with E-state index >= 15 is 0 Å². The largest absolute Gasteiger partial charge is 0.378 e. The summed E-state index contributed by atoms with van der Waals surface area (Å²) < 4.78 is 5.70. The molecule has 96 valence electrons. The van der Waals surface area contributed by atoms with E-state index < -0.39 is 0 Å². The van der Waals surface area contributed by atoms with Crippen LogP contribution in [-0.2, 0) is 9.53 Å². The molecule has 6 nitrogen and oxygen atoms in total. The molecule has 0 aliphatic carbocycles. The molecule has 2 aliphatic heterocycles. The van der Waals surface area contributed by atoms with Crippen molar-refractivity contribution in [3.05, 3.63) is 0 Å². The van der Waals surface area contributed by atoms with Gasteiger partial charge in [-0.2, -0.15) is 0 Å². The molecule has 0 unspecified atom stereocenters. The third kappa shape index (κ3) is 3.41. The SMILES string of the molecule is O=C1CNC(=O)N1CCCOC1CCNCC1. The van der Waals surface area contributed by atoms with Crippen LogP contribution < -0.4 is 10.6 Å². The number of hydrogen-bond donors (Lipinski definition) is 2. The average Bonchev–Trinajstić information content (AvgIpc) is 2.67. The topological polar surface area (TPSA) is 70.7 Å². The van der Waals surface area contributed by atoms with Crippen molar-refractivity contribution in [1.82, 2.24) is 15.5 Å². The smallest absolute Gasteiger partial charge is 0.324 e. The Morgan fingerprint density at radius 3 is 2.71 bits per heavy atom. The number of hydrogen-bond acceptors (Lipinski definition) is 4. The highest BCUT2D eigenvalue weighted by molar-refractivity contribution is 6.01. The summed E-state index contributed by atoms with van der Waals surface area (Å²) >= 11 is 0. The minimum atomic E-state index is -0.281. The fourth-order valence-electron chi connectivity index (χ4n) is 2.12. The predicted octanol–water partition coefficient (Wildman–Crippen LogP) is -0.303. The molecule has 2 rings (SSSR count). The lowest BCUT2D eigenvalue weighted by Crippen LogP contribution is -2.34. The van der Waals surface area contributed by atoms with Crippen LogP contribution in [0.1, 0.15) is 19.3 Å². The standard InChI is InChI=1S/C11H19N3O3/c15-10-8-13-11(16)14(10)6-1-7-17-9-2-4-12-5-3-9/h9,12H,1-8H2,(H,13,16). The molecule has 0 aromatic heterocycles. The van der Waals surface area contributed by atoms with E-state index in [1.54, 1.807) is 0 Å². The highest BCUT2D eigenvalue weighted by atomic mass is 16.5. The summed E-state index contributed by atoms with van der Waals surface area (Å²) in [4.78, 5) is 23.8. The van der Waals surface area contributed by atoms with Gasteiger partial charge in [0.2, 0.25) is 5.91 Å². The van der Waals surface area contributed by atoms with Crippen molar-refractivity contribution in [2.75, 3.05) is 32.8 Å². The van der Waals surface area contributed by atoms with Gasteiger partial charge in [0, 0.05) is 13.2 Å². The van der Waals surface area contributed by atoms with Crippen molar-refractivity contribution >= 4 is 11.9 Å². The number of piperidine rings is 1. The van der Waals surface area contributed by atoms with Gasteiger partial charge in [-0.05, 0) is 32.4 Å². The molecule has 0 spiro atoms. The molecule has 3 amide bonds. The van der Waals surface area contributed by atoms with Crippen LogP contribution in [0.25, 0.3) is 0 Å². The van der Waals surface area contributed by atoms with Crippen molar-refractivity contribution in [3.8, 4) is 0 Å². The Labute approximate surface area is 101 Å². The van der Waals surface area contributed by atoms with Crippen molar-refractivity contribution in [2.45, 2.75) is 25.4 Å². The number of nitrogens with zero attached hydrogens (tertiary/aromatic N) is 1. The molecule has 2 fully saturated rings. The second kappa shape index (κ2) is 5.97. The summed E-state index contributed by atoms with van der Waals surface area (Å²) in [5.74, 6) is -0.142. The summed E-state index contributed by atoms with van der Waals surface area (Å²) in [5.41, 5.74) is 0. The van der Waals surface area contributed by atoms with Crippen LogP contribution in [-0.4, -0.2) is 55.7 Å². The summed E-state index contributed by atoms with van der Waals surface area (Å²) in [7, 11) is 0. The maximum atomic E-state index is 11.3. The first-order valence-electron chi connectivity index (χ1n) is 6.18. The van der Waals surface area contributed by atoms with Crippen LogP contribution in [0.3, 0.4) is 0 Å². The summed E-state index contributed by atoms with van der Waals surface area (Å²) in [6.45, 7) is 3.22. The number of imide groups is 1. The highest BCUT2D eigenvalue weighted by Crippen LogP contribution is 2.08. The van der Waals surface area contributed by atoms with E-state index in [4.69, 9.17) is 4.74 Å². The zero-order valence-electron chi connectivity index (χ0n) is 9.91. The number of nitrogens with one attached hydrogen (secondary N) is 2. The van der Waals surface area contributed by atoms with Crippen molar-refractivity contribution < 1.29 is 14.3 Å². The van der Waals surface area contributed by atoms with Gasteiger partial charge in [-0.15, -0.1) is 0 Å². The van der Waals surface area contributed by atoms with Gasteiger partial charge in [0.15, 0.2) is 0 Å². The van der Waals surface area contributed by atoms with Crippen molar-refractivity contribution in [2.24, 2.45) is 0 Å². The Morgan fingerprint density at radius 2 is 2.06 bits per heavy atom. The molecule has 0 saturated carbocycles. The Bertz CT molecular complexity index is 274. The van der Waals surface area contributed by atoms with Crippen LogP contribution in [0.5, 0.6) is 0 Å². The first-order valence-corrected chi connectivity index (χ1v) is 6.18. The van der Waals surface area contributed by atoms with Gasteiger partial charge in [0.25, 0.3) is 0 Å². The molecule has 6 heteroatoms. The molecule has 0 bridgehead atoms. The monoisotopic (exact) mass is 241 g/mol. The molecular formula is C11H19N3O3. The van der Waals surface area contributed by atoms with Crippen LogP contribution in [0.2, 0.25) is 0 Å². The third-order valence-corrected chi connectivity index (χ3v) is 3.10. The second-order valence-electron chi connectivity index (χ2n) is 4.38. The molecule has 2 saturated heterocycles. The first-order chi connectivity index (χ1) is 8.27. The highest BCUT2D eigenvalue weighted by Gasteiger charge is 2.27. The Hall–Kier alpha value is -1.14. The third-order valence-electron chi connectivity index (χ3n) is 3.10. The fraction of sp³-hybridized carbons (Fsp3) is 0.818. The number of carbonyl (C=O) groups is 2. The Balaban J connectivity index is 1.59. The van der Waals surface area contributed by atoms with E-state index in [0.29, 0.717) is 25.7 Å². The van der Waals surface area contributed by atoms with E-state index in [9.17, 15) is 9.59 Å². The van der Waals surface area contributed by atoms with Crippen LogP contribution in [0.4, 0.5) is 4.79 Å². The number of carbonyl (C=O) groups excluding carboxylic acids is 2. The van der Waals surface area contributed by atoms with E-state index in [0.717, 1.165) is 25.9 Å². The van der Waals surface area contributed by atoms with Crippen LogP contribution >= 0.6 is 0 Å². The van der Waals surface area contributed by atoms with Gasteiger partial charge >= 0.3 is 6.03 Å². The average molecular weight is 241 g/mol. The minimum absolute atomic E-state index is 0.133. The lowest BCUT2D eigenvalue weighted by atomic mass is 10.1. The normalized spacial score (nSPS) is 22.0. The lowest BCUT2D eigenvalue weighted by Gasteiger charge is -2.23. The van der Waals surface area contributed by atoms with E-state index in [1.165, 1.54) is 4.90 Å². The van der Waals surface area contributed by atoms with Gasteiger partial charge in [-0.25, -0.2) is 4.79 Å². The van der Waals surface area contributed by atoms with E-state index in [1.807, 2.05) is 0 Å². The molecule has 0 atom stereocenters. The van der Waals surface area contributed by atoms with Gasteiger partial charge in [-0.3, -0.25) is 9.69 Å². The molecule has 0 radical (unpaired) electrons. The Kier molecular flexibility index (Phi) is 4.33. The number of ether oxygens (including phenoxy) is 1. The molecule has 0 aromatic carbocycles. The maximum Gasteiger partial charge on any atom is 0.324 e. The van der Waals surface area contributed by atoms with Crippen molar-refractivity contribution in [3.63, 3.8) is 0 Å². The number of amides is 3.